The fraction of sp³-hybridized carbons (Fsp3) is 0.538. The third kappa shape index (κ3) is 2.99. The Bertz CT molecular complexity index is 372. The van der Waals surface area contributed by atoms with Gasteiger partial charge in [0.05, 0.1) is 5.02 Å². The van der Waals surface area contributed by atoms with Gasteiger partial charge in [0.1, 0.15) is 0 Å². The SMILES string of the molecule is CC1(NCc2ccc(Br)c(Cl)c2)CCCC1. The van der Waals surface area contributed by atoms with E-state index < -0.39 is 0 Å². The van der Waals surface area contributed by atoms with Gasteiger partial charge in [0.25, 0.3) is 0 Å². The van der Waals surface area contributed by atoms with E-state index in [1.165, 1.54) is 31.2 Å². The molecule has 0 saturated heterocycles. The molecular weight excluding hydrogens is 286 g/mol. The highest BCUT2D eigenvalue weighted by molar-refractivity contribution is 9.10. The fourth-order valence-corrected chi connectivity index (χ4v) is 2.75. The number of halogens is 2. The molecule has 1 aliphatic carbocycles. The highest BCUT2D eigenvalue weighted by Gasteiger charge is 2.27. The first-order chi connectivity index (χ1) is 7.59. The van der Waals surface area contributed by atoms with Crippen LogP contribution in [0, 0.1) is 0 Å². The van der Waals surface area contributed by atoms with Crippen molar-refractivity contribution in [2.75, 3.05) is 0 Å². The Labute approximate surface area is 111 Å². The molecule has 0 aliphatic heterocycles. The first-order valence-corrected chi connectivity index (χ1v) is 6.95. The van der Waals surface area contributed by atoms with Gasteiger partial charge >= 0.3 is 0 Å². The van der Waals surface area contributed by atoms with Crippen LogP contribution in [-0.4, -0.2) is 5.54 Å². The van der Waals surface area contributed by atoms with Crippen LogP contribution in [0.4, 0.5) is 0 Å². The van der Waals surface area contributed by atoms with E-state index in [0.29, 0.717) is 5.54 Å². The van der Waals surface area contributed by atoms with Gasteiger partial charge in [0.15, 0.2) is 0 Å². The van der Waals surface area contributed by atoms with Gasteiger partial charge in [-0.3, -0.25) is 0 Å². The van der Waals surface area contributed by atoms with Gasteiger partial charge in [-0.15, -0.1) is 0 Å². The minimum absolute atomic E-state index is 0.333. The van der Waals surface area contributed by atoms with Crippen molar-refractivity contribution in [1.82, 2.24) is 5.32 Å². The largest absolute Gasteiger partial charge is 0.307 e. The van der Waals surface area contributed by atoms with Crippen molar-refractivity contribution in [3.63, 3.8) is 0 Å². The average molecular weight is 303 g/mol. The Morgan fingerprint density at radius 2 is 2.06 bits per heavy atom. The van der Waals surface area contributed by atoms with E-state index in [4.69, 9.17) is 11.6 Å². The van der Waals surface area contributed by atoms with Crippen LogP contribution in [0.25, 0.3) is 0 Å². The Kier molecular flexibility index (Phi) is 3.93. The molecule has 1 nitrogen and oxygen atoms in total. The highest BCUT2D eigenvalue weighted by Crippen LogP contribution is 2.29. The summed E-state index contributed by atoms with van der Waals surface area (Å²) in [5, 5.41) is 4.43. The lowest BCUT2D eigenvalue weighted by Gasteiger charge is -2.25. The van der Waals surface area contributed by atoms with Gasteiger partial charge in [-0.2, -0.15) is 0 Å². The molecule has 0 atom stereocenters. The molecule has 1 aromatic rings. The molecule has 0 unspecified atom stereocenters. The van der Waals surface area contributed by atoms with Crippen LogP contribution in [0.2, 0.25) is 5.02 Å². The molecule has 1 aromatic carbocycles. The minimum atomic E-state index is 0.333. The zero-order valence-corrected chi connectivity index (χ0v) is 11.9. The van der Waals surface area contributed by atoms with Gasteiger partial charge in [-0.1, -0.05) is 30.5 Å². The Morgan fingerprint density at radius 1 is 1.38 bits per heavy atom. The van der Waals surface area contributed by atoms with E-state index in [2.05, 4.69) is 34.2 Å². The van der Waals surface area contributed by atoms with Crippen LogP contribution in [-0.2, 0) is 6.54 Å². The average Bonchev–Trinajstić information content (AvgIpc) is 2.68. The Balaban J connectivity index is 1.96. The van der Waals surface area contributed by atoms with E-state index >= 15 is 0 Å². The summed E-state index contributed by atoms with van der Waals surface area (Å²) in [4.78, 5) is 0. The van der Waals surface area contributed by atoms with Crippen molar-refractivity contribution in [1.29, 1.82) is 0 Å². The summed E-state index contributed by atoms with van der Waals surface area (Å²) in [7, 11) is 0. The number of hydrogen-bond donors (Lipinski definition) is 1. The summed E-state index contributed by atoms with van der Waals surface area (Å²) in [6.07, 6.45) is 5.28. The number of nitrogens with one attached hydrogen (secondary N) is 1. The summed E-state index contributed by atoms with van der Waals surface area (Å²) in [6, 6.07) is 6.15. The van der Waals surface area contributed by atoms with Crippen LogP contribution >= 0.6 is 27.5 Å². The van der Waals surface area contributed by atoms with Gasteiger partial charge < -0.3 is 5.32 Å². The lowest BCUT2D eigenvalue weighted by Crippen LogP contribution is -2.38. The van der Waals surface area contributed by atoms with E-state index in [0.717, 1.165) is 16.0 Å². The third-order valence-corrected chi connectivity index (χ3v) is 4.64. The molecule has 0 amide bonds. The maximum Gasteiger partial charge on any atom is 0.0551 e. The van der Waals surface area contributed by atoms with Crippen molar-refractivity contribution < 1.29 is 0 Å². The molecular formula is C13H17BrClN. The zero-order chi connectivity index (χ0) is 11.6. The van der Waals surface area contributed by atoms with Gasteiger partial charge in [0.2, 0.25) is 0 Å². The van der Waals surface area contributed by atoms with Crippen molar-refractivity contribution in [3.05, 3.63) is 33.3 Å². The van der Waals surface area contributed by atoms with Crippen LogP contribution < -0.4 is 5.32 Å². The van der Waals surface area contributed by atoms with Gasteiger partial charge in [0, 0.05) is 16.6 Å². The fourth-order valence-electron chi connectivity index (χ4n) is 2.30. The third-order valence-electron chi connectivity index (χ3n) is 3.41. The topological polar surface area (TPSA) is 12.0 Å². The molecule has 2 rings (SSSR count). The number of hydrogen-bond acceptors (Lipinski definition) is 1. The van der Waals surface area contributed by atoms with Crippen molar-refractivity contribution in [2.24, 2.45) is 0 Å². The van der Waals surface area contributed by atoms with Crippen LogP contribution in [0.5, 0.6) is 0 Å². The molecule has 0 bridgehead atoms. The summed E-state index contributed by atoms with van der Waals surface area (Å²) in [6.45, 7) is 3.23. The smallest absolute Gasteiger partial charge is 0.0551 e. The lowest BCUT2D eigenvalue weighted by atomic mass is 10.0. The monoisotopic (exact) mass is 301 g/mol. The van der Waals surface area contributed by atoms with Crippen LogP contribution in [0.15, 0.2) is 22.7 Å². The van der Waals surface area contributed by atoms with Gasteiger partial charge in [-0.25, -0.2) is 0 Å². The maximum absolute atomic E-state index is 6.07. The van der Waals surface area contributed by atoms with E-state index in [1.807, 2.05) is 12.1 Å². The second kappa shape index (κ2) is 5.07. The highest BCUT2D eigenvalue weighted by atomic mass is 79.9. The molecule has 1 N–H and O–H groups in total. The van der Waals surface area contributed by atoms with Crippen LogP contribution in [0.1, 0.15) is 38.2 Å². The number of benzene rings is 1. The Hall–Kier alpha value is -0.0500. The summed E-state index contributed by atoms with van der Waals surface area (Å²) < 4.78 is 0.963. The summed E-state index contributed by atoms with van der Waals surface area (Å²) in [5.41, 5.74) is 1.58. The quantitative estimate of drug-likeness (QED) is 0.865. The second-order valence-corrected chi connectivity index (χ2v) is 6.13. The predicted octanol–water partition coefficient (Wildman–Crippen LogP) is 4.52. The molecule has 0 aromatic heterocycles. The van der Waals surface area contributed by atoms with E-state index in [-0.39, 0.29) is 0 Å². The first-order valence-electron chi connectivity index (χ1n) is 5.78. The summed E-state index contributed by atoms with van der Waals surface area (Å²) >= 11 is 9.47. The standard InChI is InChI=1S/C13H17BrClN/c1-13(6-2-3-7-13)16-9-10-4-5-11(14)12(15)8-10/h4-5,8,16H,2-3,6-7,9H2,1H3. The van der Waals surface area contributed by atoms with Crippen molar-refractivity contribution in [3.8, 4) is 0 Å². The second-order valence-electron chi connectivity index (χ2n) is 4.87. The molecule has 0 radical (unpaired) electrons. The molecule has 0 spiro atoms. The molecule has 0 heterocycles. The van der Waals surface area contributed by atoms with Crippen molar-refractivity contribution >= 4 is 27.5 Å². The summed E-state index contributed by atoms with van der Waals surface area (Å²) in [5.74, 6) is 0. The van der Waals surface area contributed by atoms with Crippen LogP contribution in [0.3, 0.4) is 0 Å². The minimum Gasteiger partial charge on any atom is -0.307 e. The molecule has 3 heteroatoms. The van der Waals surface area contributed by atoms with Crippen molar-refractivity contribution in [2.45, 2.75) is 44.7 Å². The molecule has 88 valence electrons. The lowest BCUT2D eigenvalue weighted by molar-refractivity contribution is 0.363. The van der Waals surface area contributed by atoms with E-state index in [1.54, 1.807) is 0 Å². The molecule has 1 fully saturated rings. The van der Waals surface area contributed by atoms with E-state index in [9.17, 15) is 0 Å². The normalized spacial score (nSPS) is 18.9. The predicted molar refractivity (Wildman–Crippen MR) is 72.9 cm³/mol. The maximum atomic E-state index is 6.07. The molecule has 16 heavy (non-hydrogen) atoms. The Morgan fingerprint density at radius 3 is 2.69 bits per heavy atom. The van der Waals surface area contributed by atoms with Gasteiger partial charge in [-0.05, 0) is 53.4 Å². The molecule has 1 aliphatic rings. The zero-order valence-electron chi connectivity index (χ0n) is 9.52. The molecule has 1 saturated carbocycles. The number of rotatable bonds is 3. The first kappa shape index (κ1) is 12.4.